The Morgan fingerprint density at radius 1 is 1.33 bits per heavy atom. The Morgan fingerprint density at radius 3 is 2.57 bits per heavy atom. The molecule has 116 valence electrons. The molecule has 0 spiro atoms. The summed E-state index contributed by atoms with van der Waals surface area (Å²) in [6.07, 6.45) is 0.765. The number of nitrogens with one attached hydrogen (secondary N) is 1. The Balaban J connectivity index is 2.19. The van der Waals surface area contributed by atoms with Gasteiger partial charge in [0.15, 0.2) is 0 Å². The topological polar surface area (TPSA) is 76.7 Å². The fraction of sp³-hybridized carbons (Fsp3) is 0.643. The van der Waals surface area contributed by atoms with Gasteiger partial charge in [0.05, 0.1) is 27.3 Å². The summed E-state index contributed by atoms with van der Waals surface area (Å²) in [5.41, 5.74) is 5.13. The summed E-state index contributed by atoms with van der Waals surface area (Å²) >= 11 is 3.10. The smallest absolute Gasteiger partial charge is 0.0948 e. The van der Waals surface area contributed by atoms with Gasteiger partial charge in [-0.05, 0) is 17.5 Å². The summed E-state index contributed by atoms with van der Waals surface area (Å²) < 4.78 is 4.08. The summed E-state index contributed by atoms with van der Waals surface area (Å²) in [6.45, 7) is 10.8. The Labute approximate surface area is 134 Å². The number of nitrogens with zero attached hydrogens (tertiary/aromatic N) is 3. The average Bonchev–Trinajstić information content (AvgIpc) is 3.03. The molecule has 7 heteroatoms. The molecule has 5 nitrogen and oxygen atoms in total. The van der Waals surface area contributed by atoms with Gasteiger partial charge in [0.2, 0.25) is 0 Å². The quantitative estimate of drug-likeness (QED) is 0.652. The molecule has 0 aliphatic carbocycles. The lowest BCUT2D eigenvalue weighted by atomic mass is 9.93. The first-order chi connectivity index (χ1) is 9.82. The molecule has 2 rings (SSSR count). The lowest BCUT2D eigenvalue weighted by Crippen LogP contribution is -2.29. The summed E-state index contributed by atoms with van der Waals surface area (Å²) in [5.74, 6) is 6.09. The van der Waals surface area contributed by atoms with E-state index < -0.39 is 0 Å². The molecule has 0 fully saturated rings. The normalized spacial score (nSPS) is 13.9. The Morgan fingerprint density at radius 2 is 2.05 bits per heavy atom. The van der Waals surface area contributed by atoms with E-state index in [-0.39, 0.29) is 11.5 Å². The maximum Gasteiger partial charge on any atom is 0.0948 e. The van der Waals surface area contributed by atoms with Crippen LogP contribution in [-0.4, -0.2) is 14.6 Å². The van der Waals surface area contributed by atoms with E-state index in [0.29, 0.717) is 5.92 Å². The first kappa shape index (κ1) is 16.5. The van der Waals surface area contributed by atoms with Crippen molar-refractivity contribution in [1.82, 2.24) is 20.0 Å². The van der Waals surface area contributed by atoms with Crippen LogP contribution in [0.2, 0.25) is 0 Å². The number of hydrogen-bond donors (Lipinski definition) is 2. The predicted molar refractivity (Wildman–Crippen MR) is 88.6 cm³/mol. The third-order valence-electron chi connectivity index (χ3n) is 3.30. The summed E-state index contributed by atoms with van der Waals surface area (Å²) in [7, 11) is 0. The Bertz CT molecular complexity index is 582. The van der Waals surface area contributed by atoms with E-state index in [1.807, 2.05) is 0 Å². The second kappa shape index (κ2) is 6.48. The van der Waals surface area contributed by atoms with Crippen molar-refractivity contribution in [3.05, 3.63) is 26.7 Å². The van der Waals surface area contributed by atoms with Crippen molar-refractivity contribution in [2.24, 2.45) is 5.84 Å². The van der Waals surface area contributed by atoms with Crippen LogP contribution in [0.4, 0.5) is 0 Å². The van der Waals surface area contributed by atoms with E-state index >= 15 is 0 Å². The summed E-state index contributed by atoms with van der Waals surface area (Å²) in [4.78, 5) is 5.85. The minimum absolute atomic E-state index is 0.0152. The molecule has 0 aromatic carbocycles. The zero-order valence-electron chi connectivity index (χ0n) is 13.2. The maximum atomic E-state index is 5.75. The van der Waals surface area contributed by atoms with Gasteiger partial charge in [-0.2, -0.15) is 0 Å². The van der Waals surface area contributed by atoms with Gasteiger partial charge in [-0.15, -0.1) is 16.4 Å². The van der Waals surface area contributed by atoms with Crippen LogP contribution in [0.5, 0.6) is 0 Å². The number of hydrogen-bond acceptors (Lipinski definition) is 7. The highest BCUT2D eigenvalue weighted by molar-refractivity contribution is 7.09. The molecule has 3 N–H and O–H groups in total. The van der Waals surface area contributed by atoms with E-state index in [2.05, 4.69) is 55.0 Å². The molecular weight excluding hydrogens is 302 g/mol. The molecular formula is C14H23N5S2. The first-order valence-electron chi connectivity index (χ1n) is 7.06. The molecule has 0 saturated heterocycles. The van der Waals surface area contributed by atoms with Gasteiger partial charge in [0.1, 0.15) is 0 Å². The van der Waals surface area contributed by atoms with Gasteiger partial charge in [0.25, 0.3) is 0 Å². The van der Waals surface area contributed by atoms with Crippen LogP contribution < -0.4 is 11.3 Å². The Hall–Kier alpha value is -0.890. The van der Waals surface area contributed by atoms with Crippen LogP contribution in [0, 0.1) is 0 Å². The predicted octanol–water partition coefficient (Wildman–Crippen LogP) is 3.16. The van der Waals surface area contributed by atoms with Crippen molar-refractivity contribution >= 4 is 22.9 Å². The number of hydrazine groups is 1. The van der Waals surface area contributed by atoms with Gasteiger partial charge in [-0.1, -0.05) is 39.1 Å². The number of nitrogens with two attached hydrogens (primary N) is 1. The van der Waals surface area contributed by atoms with Gasteiger partial charge in [-0.25, -0.2) is 4.98 Å². The highest BCUT2D eigenvalue weighted by Gasteiger charge is 2.23. The van der Waals surface area contributed by atoms with Crippen LogP contribution in [0.25, 0.3) is 0 Å². The lowest BCUT2D eigenvalue weighted by Gasteiger charge is -2.16. The zero-order chi connectivity index (χ0) is 15.6. The molecule has 21 heavy (non-hydrogen) atoms. The molecule has 0 aliphatic heterocycles. The number of aromatic nitrogens is 3. The minimum atomic E-state index is 0.0152. The van der Waals surface area contributed by atoms with E-state index in [0.717, 1.165) is 27.7 Å². The fourth-order valence-corrected chi connectivity index (χ4v) is 3.93. The van der Waals surface area contributed by atoms with Gasteiger partial charge < -0.3 is 0 Å². The van der Waals surface area contributed by atoms with Crippen molar-refractivity contribution in [1.29, 1.82) is 0 Å². The SMILES string of the molecule is CC(C)c1nnsc1C(Cc1nc(C(C)(C)C)cs1)NN. The molecule has 2 aromatic heterocycles. The molecule has 2 aromatic rings. The second-order valence-electron chi connectivity index (χ2n) is 6.48. The Kier molecular flexibility index (Phi) is 5.08. The lowest BCUT2D eigenvalue weighted by molar-refractivity contribution is 0.541. The van der Waals surface area contributed by atoms with Gasteiger partial charge in [-0.3, -0.25) is 11.3 Å². The molecule has 0 radical (unpaired) electrons. The van der Waals surface area contributed by atoms with Gasteiger partial charge >= 0.3 is 0 Å². The van der Waals surface area contributed by atoms with Crippen molar-refractivity contribution < 1.29 is 0 Å². The number of rotatable bonds is 5. The van der Waals surface area contributed by atoms with E-state index in [1.54, 1.807) is 11.3 Å². The van der Waals surface area contributed by atoms with Gasteiger partial charge in [0, 0.05) is 17.2 Å². The zero-order valence-corrected chi connectivity index (χ0v) is 14.8. The molecule has 2 heterocycles. The van der Waals surface area contributed by atoms with Crippen LogP contribution in [0.3, 0.4) is 0 Å². The summed E-state index contributed by atoms with van der Waals surface area (Å²) in [5, 5.41) is 7.45. The molecule has 0 bridgehead atoms. The molecule has 0 saturated carbocycles. The van der Waals surface area contributed by atoms with Crippen LogP contribution in [-0.2, 0) is 11.8 Å². The van der Waals surface area contributed by atoms with Crippen molar-refractivity contribution in [3.63, 3.8) is 0 Å². The second-order valence-corrected chi connectivity index (χ2v) is 8.21. The standard InChI is InChI=1S/C14H23N5S2/c1-8(2)12-13(21-19-18-12)9(17-15)6-11-16-10(7-20-11)14(3,4)5/h7-9,17H,6,15H2,1-5H3. The van der Waals surface area contributed by atoms with E-state index in [1.165, 1.54) is 11.5 Å². The number of thiazole rings is 1. The largest absolute Gasteiger partial charge is 0.271 e. The van der Waals surface area contributed by atoms with Crippen LogP contribution >= 0.6 is 22.9 Å². The first-order valence-corrected chi connectivity index (χ1v) is 8.71. The third kappa shape index (κ3) is 3.85. The van der Waals surface area contributed by atoms with Crippen molar-refractivity contribution in [2.75, 3.05) is 0 Å². The van der Waals surface area contributed by atoms with Crippen LogP contribution in [0.15, 0.2) is 5.38 Å². The highest BCUT2D eigenvalue weighted by Crippen LogP contribution is 2.30. The molecule has 1 unspecified atom stereocenters. The fourth-order valence-electron chi connectivity index (χ4n) is 2.00. The highest BCUT2D eigenvalue weighted by atomic mass is 32.1. The molecule has 0 aliphatic rings. The van der Waals surface area contributed by atoms with Crippen molar-refractivity contribution in [2.45, 2.75) is 58.4 Å². The minimum Gasteiger partial charge on any atom is -0.271 e. The monoisotopic (exact) mass is 325 g/mol. The average molecular weight is 326 g/mol. The van der Waals surface area contributed by atoms with Crippen LogP contribution in [0.1, 0.15) is 67.9 Å². The van der Waals surface area contributed by atoms with E-state index in [9.17, 15) is 0 Å². The molecule has 1 atom stereocenters. The summed E-state index contributed by atoms with van der Waals surface area (Å²) in [6, 6.07) is 0.0152. The third-order valence-corrected chi connectivity index (χ3v) is 5.03. The molecule has 0 amide bonds. The maximum absolute atomic E-state index is 5.75. The van der Waals surface area contributed by atoms with E-state index in [4.69, 9.17) is 10.8 Å². The van der Waals surface area contributed by atoms with Crippen molar-refractivity contribution in [3.8, 4) is 0 Å².